The average Bonchev–Trinajstić information content (AvgIpc) is 3.00. The first kappa shape index (κ1) is 22.6. The SMILES string of the molecule is CC(C)(C)[c-]1cccc1.[Cl-].[Cl-].[Ti+4].[c-]1nc2ccccc2[nH]1. The molecule has 0 saturated carbocycles. The van der Waals surface area contributed by atoms with Crippen LogP contribution in [0.4, 0.5) is 0 Å². The van der Waals surface area contributed by atoms with Crippen molar-refractivity contribution in [3.05, 3.63) is 60.4 Å². The Hall–Kier alpha value is -0.666. The molecule has 0 atom stereocenters. The summed E-state index contributed by atoms with van der Waals surface area (Å²) in [7, 11) is 0. The summed E-state index contributed by atoms with van der Waals surface area (Å²) in [4.78, 5) is 6.82. The van der Waals surface area contributed by atoms with Crippen molar-refractivity contribution in [1.82, 2.24) is 9.97 Å². The topological polar surface area (TPSA) is 28.7 Å². The van der Waals surface area contributed by atoms with E-state index in [0.29, 0.717) is 5.41 Å². The van der Waals surface area contributed by atoms with Crippen molar-refractivity contribution in [2.45, 2.75) is 26.2 Å². The van der Waals surface area contributed by atoms with Crippen molar-refractivity contribution in [2.24, 2.45) is 0 Å². The third-order valence-electron chi connectivity index (χ3n) is 2.80. The third kappa shape index (κ3) is 6.75. The zero-order valence-electron chi connectivity index (χ0n) is 12.3. The number of H-pyrrole nitrogens is 1. The molecule has 1 N–H and O–H groups in total. The number of aromatic nitrogens is 2. The van der Waals surface area contributed by atoms with Gasteiger partial charge in [-0.1, -0.05) is 49.4 Å². The minimum atomic E-state index is 0. The first-order valence-electron chi connectivity index (χ1n) is 6.10. The van der Waals surface area contributed by atoms with Gasteiger partial charge in [0.2, 0.25) is 0 Å². The quantitative estimate of drug-likeness (QED) is 0.369. The van der Waals surface area contributed by atoms with Crippen molar-refractivity contribution in [3.63, 3.8) is 0 Å². The van der Waals surface area contributed by atoms with Gasteiger partial charge in [-0.25, -0.2) is 12.1 Å². The molecule has 1 aromatic heterocycles. The molecule has 0 aliphatic rings. The summed E-state index contributed by atoms with van der Waals surface area (Å²) in [6.45, 7) is 6.67. The van der Waals surface area contributed by atoms with Gasteiger partial charge in [0.05, 0.1) is 0 Å². The Morgan fingerprint density at radius 2 is 1.57 bits per heavy atom. The predicted octanol–water partition coefficient (Wildman–Crippen LogP) is -1.93. The smallest absolute Gasteiger partial charge is 1.00 e. The van der Waals surface area contributed by atoms with E-state index in [1.807, 2.05) is 24.3 Å². The second kappa shape index (κ2) is 10.1. The van der Waals surface area contributed by atoms with E-state index in [1.165, 1.54) is 5.56 Å². The second-order valence-electron chi connectivity index (χ2n) is 5.29. The maximum Gasteiger partial charge on any atom is 4.00 e. The summed E-state index contributed by atoms with van der Waals surface area (Å²) < 4.78 is 0. The molecule has 0 amide bonds. The van der Waals surface area contributed by atoms with Crippen molar-refractivity contribution in [3.8, 4) is 0 Å². The summed E-state index contributed by atoms with van der Waals surface area (Å²) in [6.07, 6.45) is 2.66. The van der Waals surface area contributed by atoms with Crippen LogP contribution in [0.5, 0.6) is 0 Å². The molecule has 0 spiro atoms. The maximum atomic E-state index is 3.94. The first-order valence-corrected chi connectivity index (χ1v) is 6.10. The van der Waals surface area contributed by atoms with Gasteiger partial charge >= 0.3 is 21.7 Å². The number of nitrogens with one attached hydrogen (secondary N) is 1. The molecule has 3 rings (SSSR count). The molecular formula is C16H18Cl2N2Ti. The Labute approximate surface area is 153 Å². The zero-order chi connectivity index (χ0) is 13.0. The molecule has 0 saturated heterocycles. The second-order valence-corrected chi connectivity index (χ2v) is 5.29. The fourth-order valence-electron chi connectivity index (χ4n) is 1.70. The largest absolute Gasteiger partial charge is 4.00 e. The van der Waals surface area contributed by atoms with E-state index < -0.39 is 0 Å². The van der Waals surface area contributed by atoms with Crippen LogP contribution in [0, 0.1) is 6.33 Å². The van der Waals surface area contributed by atoms with Gasteiger partial charge in [-0.15, -0.1) is 12.1 Å². The van der Waals surface area contributed by atoms with Crippen LogP contribution < -0.4 is 24.8 Å². The van der Waals surface area contributed by atoms with Crippen LogP contribution in [0.3, 0.4) is 0 Å². The standard InChI is InChI=1S/C9H13.C7H5N2.2ClH.Ti/c1-9(2,3)8-6-4-5-7-8;1-2-4-7-6(3-1)8-5-9-7;;;/h4-7H,1-3H3;1-4H,(H,8,9);2*1H;/q2*-1;;;+4/p-2. The summed E-state index contributed by atoms with van der Waals surface area (Å²) in [5.74, 6) is 0. The van der Waals surface area contributed by atoms with Gasteiger partial charge in [0, 0.05) is 0 Å². The number of benzene rings is 1. The molecule has 0 bridgehead atoms. The van der Waals surface area contributed by atoms with Crippen molar-refractivity contribution >= 4 is 11.0 Å². The fourth-order valence-corrected chi connectivity index (χ4v) is 1.70. The van der Waals surface area contributed by atoms with Gasteiger partial charge in [-0.05, 0) is 6.33 Å². The number of imidazole rings is 1. The molecular weight excluding hydrogens is 339 g/mol. The van der Waals surface area contributed by atoms with E-state index in [1.54, 1.807) is 0 Å². The number of fused-ring (bicyclic) bond motifs is 1. The molecule has 2 nitrogen and oxygen atoms in total. The fraction of sp³-hybridized carbons (Fsp3) is 0.250. The Bertz CT molecular complexity index is 568. The normalized spacial score (nSPS) is 9.48. The first-order chi connectivity index (χ1) is 8.57. The summed E-state index contributed by atoms with van der Waals surface area (Å²) >= 11 is 0. The van der Waals surface area contributed by atoms with Crippen LogP contribution >= 0.6 is 0 Å². The zero-order valence-corrected chi connectivity index (χ0v) is 15.4. The van der Waals surface area contributed by atoms with E-state index in [0.717, 1.165) is 11.0 Å². The van der Waals surface area contributed by atoms with Crippen LogP contribution in [0.2, 0.25) is 0 Å². The molecule has 110 valence electrons. The van der Waals surface area contributed by atoms with Gasteiger partial charge < -0.3 is 34.8 Å². The molecule has 0 radical (unpaired) electrons. The van der Waals surface area contributed by atoms with Gasteiger partial charge in [0.25, 0.3) is 0 Å². The van der Waals surface area contributed by atoms with Gasteiger partial charge in [-0.3, -0.25) is 0 Å². The minimum absolute atomic E-state index is 0. The molecule has 21 heavy (non-hydrogen) atoms. The minimum Gasteiger partial charge on any atom is -1.00 e. The van der Waals surface area contributed by atoms with Crippen LogP contribution in [0.1, 0.15) is 26.3 Å². The van der Waals surface area contributed by atoms with Crippen molar-refractivity contribution in [2.75, 3.05) is 0 Å². The van der Waals surface area contributed by atoms with Crippen LogP contribution in [-0.4, -0.2) is 9.97 Å². The molecule has 0 unspecified atom stereocenters. The van der Waals surface area contributed by atoms with Crippen molar-refractivity contribution in [1.29, 1.82) is 0 Å². The Kier molecular flexibility index (Phi) is 10.9. The molecule has 0 fully saturated rings. The summed E-state index contributed by atoms with van der Waals surface area (Å²) in [5.41, 5.74) is 3.75. The number of rotatable bonds is 0. The molecule has 2 aromatic carbocycles. The van der Waals surface area contributed by atoms with E-state index in [4.69, 9.17) is 0 Å². The maximum absolute atomic E-state index is 3.94. The van der Waals surface area contributed by atoms with Gasteiger partial charge in [0.15, 0.2) is 0 Å². The molecule has 0 aliphatic carbocycles. The number of halogens is 2. The average molecular weight is 357 g/mol. The number of hydrogen-bond acceptors (Lipinski definition) is 1. The van der Waals surface area contributed by atoms with Crippen LogP contribution in [0.15, 0.2) is 48.5 Å². The number of para-hydroxylation sites is 2. The molecule has 0 aliphatic heterocycles. The molecule has 1 heterocycles. The Balaban J connectivity index is 0. The van der Waals surface area contributed by atoms with Gasteiger partial charge in [0.1, 0.15) is 0 Å². The summed E-state index contributed by atoms with van der Waals surface area (Å²) in [6, 6.07) is 16.3. The monoisotopic (exact) mass is 356 g/mol. The van der Waals surface area contributed by atoms with Crippen LogP contribution in [0.25, 0.3) is 11.0 Å². The number of hydrogen-bond donors (Lipinski definition) is 1. The third-order valence-corrected chi connectivity index (χ3v) is 2.80. The van der Waals surface area contributed by atoms with E-state index in [-0.39, 0.29) is 46.5 Å². The molecule has 3 aromatic rings. The van der Waals surface area contributed by atoms with E-state index in [2.05, 4.69) is 61.3 Å². The van der Waals surface area contributed by atoms with Crippen LogP contribution in [-0.2, 0) is 27.1 Å². The Morgan fingerprint density at radius 1 is 1.00 bits per heavy atom. The van der Waals surface area contributed by atoms with Gasteiger partial charge in [-0.2, -0.15) is 17.7 Å². The predicted molar refractivity (Wildman–Crippen MR) is 75.7 cm³/mol. The summed E-state index contributed by atoms with van der Waals surface area (Å²) in [5, 5.41) is 0. The number of aromatic amines is 1. The number of nitrogens with zero attached hydrogens (tertiary/aromatic N) is 1. The van der Waals surface area contributed by atoms with E-state index >= 15 is 0 Å². The van der Waals surface area contributed by atoms with Crippen molar-refractivity contribution < 1.29 is 46.5 Å². The Morgan fingerprint density at radius 3 is 2.05 bits per heavy atom. The molecule has 5 heteroatoms. The van der Waals surface area contributed by atoms with E-state index in [9.17, 15) is 0 Å².